The fourth-order valence-corrected chi connectivity index (χ4v) is 5.53. The molecule has 4 rings (SSSR count). The molecule has 1 aliphatic rings. The zero-order valence-electron chi connectivity index (χ0n) is 19.4. The Balaban J connectivity index is 1.65. The summed E-state index contributed by atoms with van der Waals surface area (Å²) < 4.78 is 0. The lowest BCUT2D eigenvalue weighted by Crippen LogP contribution is -2.67. The van der Waals surface area contributed by atoms with E-state index in [4.69, 9.17) is 11.6 Å². The summed E-state index contributed by atoms with van der Waals surface area (Å²) in [5, 5.41) is 16.2. The number of aromatic amines is 1. The topological polar surface area (TPSA) is 88.3 Å². The van der Waals surface area contributed by atoms with Gasteiger partial charge in [-0.25, -0.2) is 0 Å². The first-order chi connectivity index (χ1) is 16.4. The Kier molecular flexibility index (Phi) is 7.47. The summed E-state index contributed by atoms with van der Waals surface area (Å²) >= 11 is 6.62. The lowest BCUT2D eigenvalue weighted by molar-refractivity contribution is -0.274. The average Bonchev–Trinajstić information content (AvgIpc) is 3.23. The monoisotopic (exact) mass is 480 g/mol. The number of alkyl halides is 1. The number of nitrogens with one attached hydrogen (secondary N) is 2. The molecule has 3 aromatic rings. The number of amides is 2. The molecule has 1 fully saturated rings. The number of aromatic nitrogens is 1. The van der Waals surface area contributed by atoms with Crippen LogP contribution in [0.25, 0.3) is 10.9 Å². The van der Waals surface area contributed by atoms with E-state index in [-0.39, 0.29) is 17.7 Å². The molecule has 1 aliphatic carbocycles. The van der Waals surface area contributed by atoms with Crippen molar-refractivity contribution in [3.05, 3.63) is 71.9 Å². The molecule has 3 unspecified atom stereocenters. The Labute approximate surface area is 205 Å². The molecular formula is C27H31ClN3O3-. The van der Waals surface area contributed by atoms with Crippen molar-refractivity contribution in [3.8, 4) is 0 Å². The second-order valence-electron chi connectivity index (χ2n) is 9.31. The maximum atomic E-state index is 13.7. The summed E-state index contributed by atoms with van der Waals surface area (Å²) in [5.74, 6) is -0.340. The third kappa shape index (κ3) is 5.07. The van der Waals surface area contributed by atoms with Crippen molar-refractivity contribution < 1.29 is 14.7 Å². The first-order valence-electron chi connectivity index (χ1n) is 11.9. The molecule has 7 heteroatoms. The zero-order valence-corrected chi connectivity index (χ0v) is 20.2. The quantitative estimate of drug-likeness (QED) is 0.477. The first-order valence-corrected chi connectivity index (χ1v) is 12.4. The molecule has 0 radical (unpaired) electrons. The number of carbonyl (C=O) groups excluding carboxylic acids is 2. The number of H-pyrrole nitrogens is 1. The molecule has 1 aromatic heterocycles. The number of hydrogen-bond donors (Lipinski definition) is 2. The third-order valence-corrected chi connectivity index (χ3v) is 7.46. The number of benzene rings is 2. The maximum absolute atomic E-state index is 13.7. The zero-order chi connectivity index (χ0) is 24.1. The van der Waals surface area contributed by atoms with Crippen LogP contribution in [-0.4, -0.2) is 45.4 Å². The van der Waals surface area contributed by atoms with Crippen LogP contribution in [0, 0.1) is 0 Å². The van der Waals surface area contributed by atoms with E-state index < -0.39 is 17.7 Å². The summed E-state index contributed by atoms with van der Waals surface area (Å²) in [7, 11) is 0. The Morgan fingerprint density at radius 1 is 1.12 bits per heavy atom. The summed E-state index contributed by atoms with van der Waals surface area (Å²) in [5.41, 5.74) is 1.54. The van der Waals surface area contributed by atoms with Crippen molar-refractivity contribution in [1.29, 1.82) is 0 Å². The van der Waals surface area contributed by atoms with Gasteiger partial charge in [-0.15, -0.1) is 11.6 Å². The van der Waals surface area contributed by atoms with Gasteiger partial charge < -0.3 is 25.1 Å². The van der Waals surface area contributed by atoms with E-state index in [2.05, 4.69) is 10.3 Å². The van der Waals surface area contributed by atoms with Crippen molar-refractivity contribution in [1.82, 2.24) is 15.2 Å². The van der Waals surface area contributed by atoms with E-state index in [0.29, 0.717) is 19.4 Å². The van der Waals surface area contributed by atoms with Crippen LogP contribution in [0.3, 0.4) is 0 Å². The highest BCUT2D eigenvalue weighted by molar-refractivity contribution is 6.21. The number of nitrogens with zero attached hydrogens (tertiary/aromatic N) is 1. The minimum Gasteiger partial charge on any atom is -0.530 e. The van der Waals surface area contributed by atoms with Crippen LogP contribution < -0.4 is 10.4 Å². The average molecular weight is 481 g/mol. The van der Waals surface area contributed by atoms with Gasteiger partial charge in [-0.05, 0) is 43.4 Å². The Morgan fingerprint density at radius 2 is 1.82 bits per heavy atom. The van der Waals surface area contributed by atoms with Crippen LogP contribution >= 0.6 is 11.6 Å². The third-order valence-electron chi connectivity index (χ3n) is 6.95. The van der Waals surface area contributed by atoms with Crippen molar-refractivity contribution >= 4 is 34.5 Å². The van der Waals surface area contributed by atoms with Crippen LogP contribution in [0.4, 0.5) is 4.79 Å². The fourth-order valence-electron chi connectivity index (χ4n) is 5.14. The molecule has 6 nitrogen and oxygen atoms in total. The van der Waals surface area contributed by atoms with E-state index in [9.17, 15) is 14.7 Å². The van der Waals surface area contributed by atoms with E-state index in [1.165, 1.54) is 4.90 Å². The minimum atomic E-state index is -1.38. The molecule has 1 heterocycles. The molecule has 0 spiro atoms. The normalized spacial score (nSPS) is 19.9. The molecule has 0 saturated heterocycles. The van der Waals surface area contributed by atoms with Crippen molar-refractivity contribution in [2.24, 2.45) is 0 Å². The van der Waals surface area contributed by atoms with Gasteiger partial charge in [0.05, 0.1) is 5.38 Å². The Morgan fingerprint density at radius 3 is 2.56 bits per heavy atom. The predicted molar refractivity (Wildman–Crippen MR) is 133 cm³/mol. The fraction of sp³-hybridized carbons (Fsp3) is 0.407. The molecule has 180 valence electrons. The lowest BCUT2D eigenvalue weighted by Gasteiger charge is -2.49. The highest BCUT2D eigenvalue weighted by Crippen LogP contribution is 2.34. The van der Waals surface area contributed by atoms with Crippen LogP contribution in [-0.2, 0) is 17.6 Å². The first kappa shape index (κ1) is 24.1. The second-order valence-corrected chi connectivity index (χ2v) is 9.87. The van der Waals surface area contributed by atoms with Gasteiger partial charge in [-0.3, -0.25) is 4.79 Å². The van der Waals surface area contributed by atoms with Gasteiger partial charge in [0.15, 0.2) is 0 Å². The van der Waals surface area contributed by atoms with Crippen molar-refractivity contribution in [3.63, 3.8) is 0 Å². The lowest BCUT2D eigenvalue weighted by atomic mass is 9.84. The molecule has 3 atom stereocenters. The smallest absolute Gasteiger partial charge is 0.246 e. The molecule has 2 amide bonds. The van der Waals surface area contributed by atoms with Gasteiger partial charge in [0.2, 0.25) is 5.91 Å². The SMILES string of the molecule is CC(Cc1c[nH]c2ccccc12)(C(=O)NCCc1ccccc1)N(C(=O)[O-])C1CCCCC1Cl. The molecule has 1 saturated carbocycles. The van der Waals surface area contributed by atoms with Gasteiger partial charge >= 0.3 is 0 Å². The maximum Gasteiger partial charge on any atom is 0.246 e. The summed E-state index contributed by atoms with van der Waals surface area (Å²) in [6.07, 6.45) is 4.51. The van der Waals surface area contributed by atoms with Gasteiger partial charge in [0, 0.05) is 36.1 Å². The van der Waals surface area contributed by atoms with Crippen molar-refractivity contribution in [2.75, 3.05) is 6.54 Å². The largest absolute Gasteiger partial charge is 0.530 e. The molecule has 34 heavy (non-hydrogen) atoms. The highest BCUT2D eigenvalue weighted by Gasteiger charge is 2.45. The van der Waals surface area contributed by atoms with Crippen LogP contribution in [0.5, 0.6) is 0 Å². The van der Waals surface area contributed by atoms with Crippen LogP contribution in [0.2, 0.25) is 0 Å². The van der Waals surface area contributed by atoms with Gasteiger partial charge in [-0.1, -0.05) is 61.4 Å². The van der Waals surface area contributed by atoms with E-state index in [0.717, 1.165) is 41.3 Å². The predicted octanol–water partition coefficient (Wildman–Crippen LogP) is 4.02. The summed E-state index contributed by atoms with van der Waals surface area (Å²) in [6, 6.07) is 17.2. The molecule has 0 bridgehead atoms. The number of para-hydroxylation sites is 1. The molecule has 0 aliphatic heterocycles. The highest BCUT2D eigenvalue weighted by atomic mass is 35.5. The van der Waals surface area contributed by atoms with E-state index >= 15 is 0 Å². The molecule has 2 N–H and O–H groups in total. The molecular weight excluding hydrogens is 450 g/mol. The number of carbonyl (C=O) groups is 2. The van der Waals surface area contributed by atoms with Crippen LogP contribution in [0.1, 0.15) is 43.7 Å². The minimum absolute atomic E-state index is 0.211. The van der Waals surface area contributed by atoms with Gasteiger partial charge in [0.1, 0.15) is 11.6 Å². The van der Waals surface area contributed by atoms with Crippen LogP contribution in [0.15, 0.2) is 60.8 Å². The van der Waals surface area contributed by atoms with Gasteiger partial charge in [0.25, 0.3) is 0 Å². The van der Waals surface area contributed by atoms with E-state index in [1.807, 2.05) is 60.8 Å². The second kappa shape index (κ2) is 10.5. The van der Waals surface area contributed by atoms with E-state index in [1.54, 1.807) is 6.92 Å². The number of fused-ring (bicyclic) bond motifs is 1. The Bertz CT molecular complexity index is 1130. The number of carboxylic acid groups (broad SMARTS) is 1. The number of halogens is 1. The Hall–Kier alpha value is -2.99. The standard InChI is InChI=1S/C27H32ClN3O3/c1-27(17-20-18-30-23-13-7-5-11-21(20)23,25(32)29-16-15-19-9-3-2-4-10-19)31(26(33)34)24-14-8-6-12-22(24)28/h2-5,7,9-11,13,18,22,24,30H,6,8,12,14-17H2,1H3,(H,29,32)(H,33,34)/p-1. The summed E-state index contributed by atoms with van der Waals surface area (Å²) in [4.78, 5) is 30.7. The van der Waals surface area contributed by atoms with Crippen molar-refractivity contribution in [2.45, 2.75) is 62.4 Å². The number of hydrogen-bond acceptors (Lipinski definition) is 3. The van der Waals surface area contributed by atoms with Gasteiger partial charge in [-0.2, -0.15) is 0 Å². The number of rotatable bonds is 8. The molecule has 2 aromatic carbocycles. The summed E-state index contributed by atoms with van der Waals surface area (Å²) in [6.45, 7) is 2.10.